The fraction of sp³-hybridized carbons (Fsp3) is 0.200. The van der Waals surface area contributed by atoms with Crippen molar-refractivity contribution in [2.75, 3.05) is 0 Å². The number of allylic oxidation sites excluding steroid dienone is 2. The molecule has 0 spiro atoms. The van der Waals surface area contributed by atoms with Crippen molar-refractivity contribution >= 4 is 46.6 Å². The van der Waals surface area contributed by atoms with E-state index in [4.69, 9.17) is 0 Å². The summed E-state index contributed by atoms with van der Waals surface area (Å²) in [7, 11) is 0. The predicted octanol–water partition coefficient (Wildman–Crippen LogP) is 7.96. The normalized spacial score (nSPS) is 16.9. The molecule has 0 N–H and O–H groups in total. The highest BCUT2D eigenvalue weighted by Crippen LogP contribution is 2.39. The van der Waals surface area contributed by atoms with E-state index in [0.717, 1.165) is 6.42 Å². The van der Waals surface area contributed by atoms with E-state index >= 15 is 0 Å². The molecule has 1 unspecified atom stereocenters. The van der Waals surface area contributed by atoms with Crippen molar-refractivity contribution in [3.8, 4) is 0 Å². The molecule has 178 valence electrons. The smallest absolute Gasteiger partial charge is 0.0984 e. The number of aryl methyl sites for hydroxylation is 2. The lowest BCUT2D eigenvalue weighted by Crippen LogP contribution is -2.60. The predicted molar refractivity (Wildman–Crippen MR) is 162 cm³/mol. The summed E-state index contributed by atoms with van der Waals surface area (Å²) in [5, 5.41) is 2.53. The molecule has 1 aliphatic rings. The second-order valence-electron chi connectivity index (χ2n) is 10.5. The van der Waals surface area contributed by atoms with Crippen LogP contribution >= 0.6 is 0 Å². The van der Waals surface area contributed by atoms with E-state index in [1.165, 1.54) is 60.6 Å². The number of hydrogen-bond donors (Lipinski definition) is 0. The van der Waals surface area contributed by atoms with Gasteiger partial charge in [-0.3, -0.25) is 0 Å². The summed E-state index contributed by atoms with van der Waals surface area (Å²) < 4.78 is 0. The third-order valence-electron chi connectivity index (χ3n) is 8.34. The molecule has 36 heavy (non-hydrogen) atoms. The maximum atomic E-state index is 4.21. The van der Waals surface area contributed by atoms with Crippen LogP contribution in [0.25, 0.3) is 29.0 Å². The molecular weight excluding hydrogens is 431 g/mol. The van der Waals surface area contributed by atoms with Gasteiger partial charge in [0.2, 0.25) is 6.71 Å². The zero-order valence-electron chi connectivity index (χ0n) is 22.2. The van der Waals surface area contributed by atoms with Crippen LogP contribution in [0.2, 0.25) is 0 Å². The number of fused-ring (bicyclic) bond motifs is 2. The van der Waals surface area contributed by atoms with Gasteiger partial charge in [-0.1, -0.05) is 133 Å². The minimum atomic E-state index is -0.118. The molecule has 0 saturated carbocycles. The molecule has 0 heterocycles. The Morgan fingerprint density at radius 1 is 0.889 bits per heavy atom. The van der Waals surface area contributed by atoms with E-state index in [-0.39, 0.29) is 12.0 Å². The van der Waals surface area contributed by atoms with Crippen LogP contribution in [0.5, 0.6) is 0 Å². The van der Waals surface area contributed by atoms with Gasteiger partial charge in [0, 0.05) is 0 Å². The van der Waals surface area contributed by atoms with E-state index in [1.54, 1.807) is 0 Å². The molecule has 0 saturated heterocycles. The fourth-order valence-corrected chi connectivity index (χ4v) is 6.43. The van der Waals surface area contributed by atoms with Gasteiger partial charge in [0.25, 0.3) is 0 Å². The summed E-state index contributed by atoms with van der Waals surface area (Å²) in [6, 6.07) is 24.8. The highest BCUT2D eigenvalue weighted by atomic mass is 14.3. The Balaban J connectivity index is 1.98. The number of hydrogen-bond acceptors (Lipinski definition) is 0. The first kappa shape index (κ1) is 24.1. The second kappa shape index (κ2) is 9.47. The Morgan fingerprint density at radius 3 is 2.42 bits per heavy atom. The zero-order chi connectivity index (χ0) is 25.4. The van der Waals surface area contributed by atoms with Gasteiger partial charge in [-0.15, -0.1) is 0 Å². The number of rotatable bonds is 5. The first-order valence-corrected chi connectivity index (χ1v) is 13.0. The Bertz CT molecular complexity index is 1530. The molecular formula is C35H35B. The van der Waals surface area contributed by atoms with Crippen molar-refractivity contribution < 1.29 is 0 Å². The van der Waals surface area contributed by atoms with Crippen molar-refractivity contribution in [1.82, 2.24) is 0 Å². The van der Waals surface area contributed by atoms with Crippen LogP contribution in [-0.2, 0) is 5.31 Å². The Labute approximate surface area is 217 Å². The Hall–Kier alpha value is -3.58. The summed E-state index contributed by atoms with van der Waals surface area (Å²) in [4.78, 5) is 0. The lowest BCUT2D eigenvalue weighted by molar-refractivity contribution is 0.666. The van der Waals surface area contributed by atoms with E-state index in [0.29, 0.717) is 0 Å². The standard InChI is InChI=1S/C35H35B/c1-7-14-30-27(8-2)23-25(4)26(5)34(30)36(33-24(3)20-21-28-15-9-11-18-31(28)33)35(6)22-13-17-29-16-10-12-19-32(29)35/h7-21,23H,2,22H2,1,3-6H3/b14-7-. The Morgan fingerprint density at radius 2 is 1.64 bits per heavy atom. The minimum absolute atomic E-state index is 0.118. The molecule has 0 aromatic heterocycles. The summed E-state index contributed by atoms with van der Waals surface area (Å²) >= 11 is 0. The summed E-state index contributed by atoms with van der Waals surface area (Å²) in [6.07, 6.45) is 12.2. The van der Waals surface area contributed by atoms with Gasteiger partial charge in [-0.25, -0.2) is 0 Å². The molecule has 0 radical (unpaired) electrons. The SMILES string of the molecule is C=Cc1cc(C)c(C)c(B(c2c(C)ccc3ccccc23)C2(C)CC=Cc3ccccc32)c1/C=C\C. The highest BCUT2D eigenvalue weighted by Gasteiger charge is 2.45. The summed E-state index contributed by atoms with van der Waals surface area (Å²) in [5.41, 5.74) is 12.2. The van der Waals surface area contributed by atoms with E-state index < -0.39 is 0 Å². The van der Waals surface area contributed by atoms with E-state index in [9.17, 15) is 0 Å². The molecule has 0 fully saturated rings. The summed E-state index contributed by atoms with van der Waals surface area (Å²) in [6.45, 7) is 15.8. The lowest BCUT2D eigenvalue weighted by atomic mass is 9.23. The monoisotopic (exact) mass is 466 g/mol. The molecule has 4 aromatic carbocycles. The highest BCUT2D eigenvalue weighted by molar-refractivity contribution is 6.90. The average molecular weight is 466 g/mol. The third kappa shape index (κ3) is 3.79. The average Bonchev–Trinajstić information content (AvgIpc) is 2.89. The second-order valence-corrected chi connectivity index (χ2v) is 10.5. The van der Waals surface area contributed by atoms with Gasteiger partial charge in [0.05, 0.1) is 0 Å². The van der Waals surface area contributed by atoms with Crippen LogP contribution in [0, 0.1) is 20.8 Å². The molecule has 0 bridgehead atoms. The first-order chi connectivity index (χ1) is 17.4. The van der Waals surface area contributed by atoms with Gasteiger partial charge < -0.3 is 0 Å². The van der Waals surface area contributed by atoms with Crippen molar-refractivity contribution in [3.05, 3.63) is 124 Å². The van der Waals surface area contributed by atoms with Crippen LogP contribution in [-0.4, -0.2) is 6.71 Å². The van der Waals surface area contributed by atoms with Crippen LogP contribution < -0.4 is 10.9 Å². The minimum Gasteiger partial charge on any atom is -0.0984 e. The topological polar surface area (TPSA) is 0 Å². The lowest BCUT2D eigenvalue weighted by Gasteiger charge is -2.42. The molecule has 4 aromatic rings. The molecule has 1 heteroatoms. The van der Waals surface area contributed by atoms with Crippen molar-refractivity contribution in [3.63, 3.8) is 0 Å². The van der Waals surface area contributed by atoms with Gasteiger partial charge >= 0.3 is 0 Å². The van der Waals surface area contributed by atoms with Crippen molar-refractivity contribution in [1.29, 1.82) is 0 Å². The molecule has 0 aliphatic heterocycles. The molecule has 0 amide bonds. The maximum Gasteiger partial charge on any atom is 0.222 e. The van der Waals surface area contributed by atoms with Gasteiger partial charge in [-0.05, 0) is 78.0 Å². The van der Waals surface area contributed by atoms with Gasteiger partial charge in [0.1, 0.15) is 0 Å². The Kier molecular flexibility index (Phi) is 6.35. The van der Waals surface area contributed by atoms with Crippen molar-refractivity contribution in [2.24, 2.45) is 0 Å². The van der Waals surface area contributed by atoms with Crippen LogP contribution in [0.15, 0.2) is 85.5 Å². The molecule has 1 atom stereocenters. The van der Waals surface area contributed by atoms with Crippen LogP contribution in [0.4, 0.5) is 0 Å². The van der Waals surface area contributed by atoms with E-state index in [1.807, 2.05) is 6.08 Å². The fourth-order valence-electron chi connectivity index (χ4n) is 6.43. The maximum absolute atomic E-state index is 4.21. The largest absolute Gasteiger partial charge is 0.222 e. The van der Waals surface area contributed by atoms with Crippen molar-refractivity contribution in [2.45, 2.75) is 46.4 Å². The zero-order valence-corrected chi connectivity index (χ0v) is 22.2. The van der Waals surface area contributed by atoms with Gasteiger partial charge in [-0.2, -0.15) is 0 Å². The van der Waals surface area contributed by atoms with Crippen LogP contribution in [0.1, 0.15) is 59.2 Å². The first-order valence-electron chi connectivity index (χ1n) is 13.0. The van der Waals surface area contributed by atoms with Crippen LogP contribution in [0.3, 0.4) is 0 Å². The third-order valence-corrected chi connectivity index (χ3v) is 8.34. The number of benzene rings is 4. The van der Waals surface area contributed by atoms with Gasteiger partial charge in [0.15, 0.2) is 0 Å². The molecule has 1 aliphatic carbocycles. The quantitative estimate of drug-likeness (QED) is 0.262. The molecule has 5 rings (SSSR count). The molecule has 0 nitrogen and oxygen atoms in total. The van der Waals surface area contributed by atoms with E-state index in [2.05, 4.69) is 132 Å². The summed E-state index contributed by atoms with van der Waals surface area (Å²) in [5.74, 6) is 0.